The zero-order chi connectivity index (χ0) is 18.5. The predicted octanol–water partition coefficient (Wildman–Crippen LogP) is 4.50. The highest BCUT2D eigenvalue weighted by Crippen LogP contribution is 2.35. The van der Waals surface area contributed by atoms with Crippen LogP contribution >= 0.6 is 23.1 Å². The molecule has 0 bridgehead atoms. The van der Waals surface area contributed by atoms with E-state index in [1.54, 1.807) is 23.9 Å². The van der Waals surface area contributed by atoms with Gasteiger partial charge in [-0.25, -0.2) is 9.37 Å². The van der Waals surface area contributed by atoms with E-state index in [0.29, 0.717) is 15.7 Å². The number of benzene rings is 1. The number of halogens is 1. The normalized spacial score (nSPS) is 13.3. The molecule has 1 aromatic carbocycles. The average Bonchev–Trinajstić information content (AvgIpc) is 3.40. The van der Waals surface area contributed by atoms with E-state index in [4.69, 9.17) is 4.52 Å². The van der Waals surface area contributed by atoms with E-state index in [0.717, 1.165) is 39.7 Å². The molecule has 1 aliphatic rings. The Kier molecular flexibility index (Phi) is 3.80. The molecule has 0 atom stereocenters. The molecule has 1 aliphatic heterocycles. The molecule has 27 heavy (non-hydrogen) atoms. The number of imidazole rings is 1. The van der Waals surface area contributed by atoms with Gasteiger partial charge in [-0.3, -0.25) is 14.5 Å². The minimum Gasteiger partial charge on any atom is -0.338 e. The zero-order valence-electron chi connectivity index (χ0n) is 14.2. The van der Waals surface area contributed by atoms with Gasteiger partial charge in [0.25, 0.3) is 5.91 Å². The Morgan fingerprint density at radius 3 is 2.89 bits per heavy atom. The highest BCUT2D eigenvalue weighted by atomic mass is 32.2. The summed E-state index contributed by atoms with van der Waals surface area (Å²) in [5.74, 6) is 1.52. The summed E-state index contributed by atoms with van der Waals surface area (Å²) in [6.45, 7) is 1.87. The number of anilines is 1. The maximum absolute atomic E-state index is 13.1. The smallest absolute Gasteiger partial charge is 0.270 e. The average molecular weight is 400 g/mol. The molecule has 0 unspecified atom stereocenters. The number of fused-ring (bicyclic) bond motifs is 2. The van der Waals surface area contributed by atoms with Crippen LogP contribution in [-0.4, -0.2) is 20.4 Å². The third-order valence-electron chi connectivity index (χ3n) is 4.48. The molecule has 0 radical (unpaired) electrons. The molecule has 0 saturated heterocycles. The fourth-order valence-electron chi connectivity index (χ4n) is 3.03. The van der Waals surface area contributed by atoms with Crippen molar-refractivity contribution in [3.05, 3.63) is 58.1 Å². The molecule has 0 fully saturated rings. The second-order valence-corrected chi connectivity index (χ2v) is 8.15. The number of aromatic nitrogens is 3. The molecule has 1 N–H and O–H groups in total. The van der Waals surface area contributed by atoms with Crippen LogP contribution in [0.4, 0.5) is 10.3 Å². The van der Waals surface area contributed by atoms with Gasteiger partial charge in [-0.15, -0.1) is 0 Å². The molecule has 0 saturated carbocycles. The van der Waals surface area contributed by atoms with Crippen molar-refractivity contribution in [1.82, 2.24) is 14.5 Å². The van der Waals surface area contributed by atoms with Crippen molar-refractivity contribution in [3.63, 3.8) is 0 Å². The summed E-state index contributed by atoms with van der Waals surface area (Å²) in [6.07, 6.45) is 1.86. The van der Waals surface area contributed by atoms with Crippen molar-refractivity contribution in [2.24, 2.45) is 0 Å². The summed E-state index contributed by atoms with van der Waals surface area (Å²) in [4.78, 5) is 18.6. The third kappa shape index (κ3) is 2.74. The minimum atomic E-state index is -0.285. The van der Waals surface area contributed by atoms with E-state index in [-0.39, 0.29) is 11.7 Å². The molecule has 0 aliphatic carbocycles. The van der Waals surface area contributed by atoms with Gasteiger partial charge in [0.2, 0.25) is 5.88 Å². The van der Waals surface area contributed by atoms with E-state index >= 15 is 0 Å². The van der Waals surface area contributed by atoms with Crippen LogP contribution in [0.2, 0.25) is 0 Å². The highest BCUT2D eigenvalue weighted by molar-refractivity contribution is 7.98. The van der Waals surface area contributed by atoms with E-state index in [2.05, 4.69) is 15.5 Å². The number of nitrogens with one attached hydrogen (secondary N) is 1. The molecule has 4 heterocycles. The summed E-state index contributed by atoms with van der Waals surface area (Å²) in [5, 5.41) is 6.83. The number of thiazole rings is 1. The standard InChI is InChI=1S/C18H13FN4O2S2/c1-9-15(16(24)21-17-12-7-26-8-14(12)22-25-17)27-18-20-13(6-23(9)18)10-2-4-11(19)5-3-10/h2-6H,7-8H2,1H3,(H,21,24). The van der Waals surface area contributed by atoms with Crippen LogP contribution in [0.15, 0.2) is 35.0 Å². The number of nitrogens with zero attached hydrogens (tertiary/aromatic N) is 3. The second-order valence-electron chi connectivity index (χ2n) is 6.19. The molecule has 6 nitrogen and oxygen atoms in total. The Morgan fingerprint density at radius 2 is 2.11 bits per heavy atom. The Morgan fingerprint density at radius 1 is 1.30 bits per heavy atom. The van der Waals surface area contributed by atoms with Crippen molar-refractivity contribution in [1.29, 1.82) is 0 Å². The molecule has 136 valence electrons. The van der Waals surface area contributed by atoms with Crippen molar-refractivity contribution < 1.29 is 13.7 Å². The van der Waals surface area contributed by atoms with Gasteiger partial charge in [0.1, 0.15) is 10.7 Å². The summed E-state index contributed by atoms with van der Waals surface area (Å²) in [6, 6.07) is 6.19. The predicted molar refractivity (Wildman–Crippen MR) is 103 cm³/mol. The maximum Gasteiger partial charge on any atom is 0.270 e. The highest BCUT2D eigenvalue weighted by Gasteiger charge is 2.25. The topological polar surface area (TPSA) is 72.4 Å². The number of hydrogen-bond acceptors (Lipinski definition) is 6. The van der Waals surface area contributed by atoms with E-state index < -0.39 is 0 Å². The number of carbonyl (C=O) groups excluding carboxylic acids is 1. The number of rotatable bonds is 3. The van der Waals surface area contributed by atoms with Gasteiger partial charge in [-0.1, -0.05) is 16.5 Å². The van der Waals surface area contributed by atoms with Crippen LogP contribution in [0.1, 0.15) is 26.6 Å². The summed E-state index contributed by atoms with van der Waals surface area (Å²) < 4.78 is 20.3. The van der Waals surface area contributed by atoms with Gasteiger partial charge < -0.3 is 4.52 Å². The number of amides is 1. The fourth-order valence-corrected chi connectivity index (χ4v) is 5.06. The lowest BCUT2D eigenvalue weighted by Gasteiger charge is -2.02. The first-order chi connectivity index (χ1) is 13.1. The Labute approximate surface area is 161 Å². The van der Waals surface area contributed by atoms with Crippen molar-refractivity contribution in [2.45, 2.75) is 18.4 Å². The van der Waals surface area contributed by atoms with Crippen LogP contribution in [0.3, 0.4) is 0 Å². The zero-order valence-corrected chi connectivity index (χ0v) is 15.8. The van der Waals surface area contributed by atoms with Crippen molar-refractivity contribution in [3.8, 4) is 11.3 Å². The molecule has 4 aromatic rings. The van der Waals surface area contributed by atoms with Crippen molar-refractivity contribution >= 4 is 39.9 Å². The van der Waals surface area contributed by atoms with Crippen molar-refractivity contribution in [2.75, 3.05) is 5.32 Å². The van der Waals surface area contributed by atoms with Gasteiger partial charge >= 0.3 is 0 Å². The first-order valence-corrected chi connectivity index (χ1v) is 10.2. The molecule has 1 amide bonds. The molecule has 9 heteroatoms. The van der Waals surface area contributed by atoms with E-state index in [1.807, 2.05) is 17.5 Å². The van der Waals surface area contributed by atoms with E-state index in [9.17, 15) is 9.18 Å². The summed E-state index contributed by atoms with van der Waals surface area (Å²) in [5.41, 5.74) is 4.22. The van der Waals surface area contributed by atoms with Crippen LogP contribution in [0.25, 0.3) is 16.2 Å². The minimum absolute atomic E-state index is 0.234. The van der Waals surface area contributed by atoms with E-state index in [1.165, 1.54) is 23.5 Å². The number of carbonyl (C=O) groups is 1. The lowest BCUT2D eigenvalue weighted by atomic mass is 10.2. The lowest BCUT2D eigenvalue weighted by Crippen LogP contribution is -2.12. The van der Waals surface area contributed by atoms with Gasteiger partial charge in [-0.2, -0.15) is 11.8 Å². The third-order valence-corrected chi connectivity index (χ3v) is 6.61. The quantitative estimate of drug-likeness (QED) is 0.548. The Balaban J connectivity index is 1.45. The molecule has 0 spiro atoms. The monoisotopic (exact) mass is 400 g/mol. The fraction of sp³-hybridized carbons (Fsp3) is 0.167. The number of thioether (sulfide) groups is 1. The second kappa shape index (κ2) is 6.21. The van der Waals surface area contributed by atoms with Crippen LogP contribution in [0.5, 0.6) is 0 Å². The molecular formula is C18H13FN4O2S2. The Hall–Kier alpha value is -2.65. The maximum atomic E-state index is 13.1. The van der Waals surface area contributed by atoms with Gasteiger partial charge in [-0.05, 0) is 31.2 Å². The van der Waals surface area contributed by atoms with Crippen LogP contribution in [0, 0.1) is 12.7 Å². The number of aryl methyl sites for hydroxylation is 1. The van der Waals surface area contributed by atoms with Crippen LogP contribution < -0.4 is 5.32 Å². The SMILES string of the molecule is Cc1c(C(=O)Nc2onc3c2CSC3)sc2nc(-c3ccc(F)cc3)cn12. The summed E-state index contributed by atoms with van der Waals surface area (Å²) >= 11 is 3.05. The van der Waals surface area contributed by atoms with Crippen LogP contribution in [-0.2, 0) is 11.5 Å². The van der Waals surface area contributed by atoms with Gasteiger partial charge in [0.15, 0.2) is 4.96 Å². The largest absolute Gasteiger partial charge is 0.338 e. The first kappa shape index (κ1) is 16.5. The molecule has 3 aromatic heterocycles. The van der Waals surface area contributed by atoms with Gasteiger partial charge in [0, 0.05) is 29.0 Å². The lowest BCUT2D eigenvalue weighted by molar-refractivity contribution is 0.102. The Bertz CT molecular complexity index is 1180. The molecule has 5 rings (SSSR count). The first-order valence-electron chi connectivity index (χ1n) is 8.21. The number of hydrogen-bond donors (Lipinski definition) is 1. The molecular weight excluding hydrogens is 387 g/mol. The van der Waals surface area contributed by atoms with Gasteiger partial charge in [0.05, 0.1) is 17.0 Å². The summed E-state index contributed by atoms with van der Waals surface area (Å²) in [7, 11) is 0.